The first-order valence-electron chi connectivity index (χ1n) is 4.20. The summed E-state index contributed by atoms with van der Waals surface area (Å²) in [6.07, 6.45) is 4.12. The number of imidazole rings is 1. The molecular formula is C8H11N5O. The Bertz CT molecular complexity index is 432. The molecule has 2 heterocycles. The summed E-state index contributed by atoms with van der Waals surface area (Å²) in [6.45, 7) is 0. The van der Waals surface area contributed by atoms with E-state index in [-0.39, 0.29) is 0 Å². The minimum absolute atomic E-state index is 0.502. The Morgan fingerprint density at radius 2 is 2.21 bits per heavy atom. The molecule has 2 rings (SSSR count). The average Bonchev–Trinajstić information content (AvgIpc) is 2.73. The van der Waals surface area contributed by atoms with Crippen LogP contribution in [-0.2, 0) is 14.1 Å². The van der Waals surface area contributed by atoms with Gasteiger partial charge in [0.1, 0.15) is 11.5 Å². The fourth-order valence-electron chi connectivity index (χ4n) is 1.26. The highest BCUT2D eigenvalue weighted by Gasteiger charge is 2.17. The molecule has 14 heavy (non-hydrogen) atoms. The second-order valence-electron chi connectivity index (χ2n) is 3.06. The lowest BCUT2D eigenvalue weighted by molar-refractivity contribution is 0.200. The summed E-state index contributed by atoms with van der Waals surface area (Å²) < 4.78 is 1.75. The van der Waals surface area contributed by atoms with Gasteiger partial charge in [0, 0.05) is 26.5 Å². The van der Waals surface area contributed by atoms with Crippen LogP contribution in [0.3, 0.4) is 0 Å². The van der Waals surface area contributed by atoms with E-state index < -0.39 is 6.10 Å². The van der Waals surface area contributed by atoms with Crippen molar-refractivity contribution in [2.45, 2.75) is 6.10 Å². The molecule has 0 spiro atoms. The van der Waals surface area contributed by atoms with Gasteiger partial charge in [0.15, 0.2) is 6.10 Å². The van der Waals surface area contributed by atoms with Crippen molar-refractivity contribution < 1.29 is 5.11 Å². The Labute approximate surface area is 80.8 Å². The largest absolute Gasteiger partial charge is 0.379 e. The molecule has 0 radical (unpaired) electrons. The molecule has 0 saturated carbocycles. The third-order valence-electron chi connectivity index (χ3n) is 2.00. The highest BCUT2D eigenvalue weighted by Crippen LogP contribution is 2.16. The van der Waals surface area contributed by atoms with Crippen LogP contribution in [0.15, 0.2) is 18.6 Å². The van der Waals surface area contributed by atoms with Gasteiger partial charge in [-0.1, -0.05) is 0 Å². The standard InChI is InChI=1S/C8H11N5O/c1-12-4-3-9-8(12)7(14)6-5-10-13(2)11-6/h3-5,7,14H,1-2H3. The molecule has 0 saturated heterocycles. The molecular weight excluding hydrogens is 182 g/mol. The lowest BCUT2D eigenvalue weighted by Crippen LogP contribution is -2.08. The van der Waals surface area contributed by atoms with Crippen LogP contribution in [0.4, 0.5) is 0 Å². The van der Waals surface area contributed by atoms with Crippen LogP contribution in [0.25, 0.3) is 0 Å². The van der Waals surface area contributed by atoms with Crippen molar-refractivity contribution in [3.05, 3.63) is 30.1 Å². The summed E-state index contributed by atoms with van der Waals surface area (Å²) in [5, 5.41) is 17.8. The number of hydrogen-bond donors (Lipinski definition) is 1. The zero-order chi connectivity index (χ0) is 10.1. The monoisotopic (exact) mass is 193 g/mol. The Morgan fingerprint density at radius 3 is 2.71 bits per heavy atom. The van der Waals surface area contributed by atoms with Crippen molar-refractivity contribution in [2.75, 3.05) is 0 Å². The highest BCUT2D eigenvalue weighted by atomic mass is 16.3. The molecule has 1 atom stereocenters. The van der Waals surface area contributed by atoms with Crippen molar-refractivity contribution in [3.63, 3.8) is 0 Å². The van der Waals surface area contributed by atoms with Gasteiger partial charge in [0.2, 0.25) is 0 Å². The maximum Gasteiger partial charge on any atom is 0.157 e. The normalized spacial score (nSPS) is 13.1. The van der Waals surface area contributed by atoms with Crippen LogP contribution < -0.4 is 0 Å². The molecule has 0 bridgehead atoms. The quantitative estimate of drug-likeness (QED) is 0.706. The third-order valence-corrected chi connectivity index (χ3v) is 2.00. The fourth-order valence-corrected chi connectivity index (χ4v) is 1.26. The van der Waals surface area contributed by atoms with Gasteiger partial charge in [-0.05, 0) is 0 Å². The number of aliphatic hydroxyl groups is 1. The molecule has 0 amide bonds. The maximum atomic E-state index is 9.88. The first kappa shape index (κ1) is 8.89. The van der Waals surface area contributed by atoms with E-state index in [1.165, 1.54) is 11.0 Å². The number of aromatic nitrogens is 5. The van der Waals surface area contributed by atoms with E-state index in [4.69, 9.17) is 0 Å². The number of aryl methyl sites for hydroxylation is 2. The van der Waals surface area contributed by atoms with E-state index in [0.29, 0.717) is 11.5 Å². The minimum atomic E-state index is -0.816. The second-order valence-corrected chi connectivity index (χ2v) is 3.06. The van der Waals surface area contributed by atoms with Gasteiger partial charge in [0.25, 0.3) is 0 Å². The van der Waals surface area contributed by atoms with Gasteiger partial charge in [-0.3, -0.25) is 0 Å². The van der Waals surface area contributed by atoms with Gasteiger partial charge >= 0.3 is 0 Å². The maximum absolute atomic E-state index is 9.88. The first-order chi connectivity index (χ1) is 6.68. The third kappa shape index (κ3) is 1.39. The summed E-state index contributed by atoms with van der Waals surface area (Å²) in [6, 6.07) is 0. The van der Waals surface area contributed by atoms with E-state index in [1.54, 1.807) is 24.0 Å². The molecule has 0 aliphatic heterocycles. The van der Waals surface area contributed by atoms with Crippen LogP contribution in [0, 0.1) is 0 Å². The Kier molecular flexibility index (Phi) is 2.05. The molecule has 1 N–H and O–H groups in total. The van der Waals surface area contributed by atoms with Gasteiger partial charge < -0.3 is 9.67 Å². The van der Waals surface area contributed by atoms with Crippen LogP contribution in [0.1, 0.15) is 17.6 Å². The van der Waals surface area contributed by atoms with E-state index in [9.17, 15) is 5.11 Å². The average molecular weight is 193 g/mol. The Hall–Kier alpha value is -1.69. The number of aliphatic hydroxyl groups excluding tert-OH is 1. The molecule has 2 aromatic heterocycles. The minimum Gasteiger partial charge on any atom is -0.379 e. The van der Waals surface area contributed by atoms with Gasteiger partial charge in [-0.15, -0.1) is 0 Å². The molecule has 0 fully saturated rings. The molecule has 1 unspecified atom stereocenters. The molecule has 2 aromatic rings. The zero-order valence-corrected chi connectivity index (χ0v) is 7.99. The van der Waals surface area contributed by atoms with Gasteiger partial charge in [-0.2, -0.15) is 15.0 Å². The lowest BCUT2D eigenvalue weighted by Gasteiger charge is -2.06. The Balaban J connectivity index is 2.33. The molecule has 6 nitrogen and oxygen atoms in total. The van der Waals surface area contributed by atoms with Crippen molar-refractivity contribution in [1.29, 1.82) is 0 Å². The van der Waals surface area contributed by atoms with Crippen LogP contribution in [0.5, 0.6) is 0 Å². The van der Waals surface area contributed by atoms with Crippen molar-refractivity contribution >= 4 is 0 Å². The van der Waals surface area contributed by atoms with Crippen LogP contribution >= 0.6 is 0 Å². The summed E-state index contributed by atoms with van der Waals surface area (Å²) in [7, 11) is 3.52. The molecule has 0 aliphatic rings. The number of hydrogen-bond acceptors (Lipinski definition) is 4. The van der Waals surface area contributed by atoms with Crippen LogP contribution in [-0.4, -0.2) is 29.7 Å². The smallest absolute Gasteiger partial charge is 0.157 e. The molecule has 0 aliphatic carbocycles. The highest BCUT2D eigenvalue weighted by molar-refractivity contribution is 5.10. The molecule has 6 heteroatoms. The molecule has 0 aromatic carbocycles. The Morgan fingerprint density at radius 1 is 1.43 bits per heavy atom. The van der Waals surface area contributed by atoms with E-state index in [0.717, 1.165) is 0 Å². The second kappa shape index (κ2) is 3.22. The zero-order valence-electron chi connectivity index (χ0n) is 7.99. The summed E-state index contributed by atoms with van der Waals surface area (Å²) >= 11 is 0. The number of rotatable bonds is 2. The van der Waals surface area contributed by atoms with E-state index >= 15 is 0 Å². The number of nitrogens with zero attached hydrogens (tertiary/aromatic N) is 5. The van der Waals surface area contributed by atoms with E-state index in [1.807, 2.05) is 7.05 Å². The topological polar surface area (TPSA) is 68.8 Å². The van der Waals surface area contributed by atoms with Crippen LogP contribution in [0.2, 0.25) is 0 Å². The van der Waals surface area contributed by atoms with Crippen molar-refractivity contribution in [3.8, 4) is 0 Å². The predicted molar refractivity (Wildman–Crippen MR) is 48.3 cm³/mol. The fraction of sp³-hybridized carbons (Fsp3) is 0.375. The predicted octanol–water partition coefficient (Wildman–Crippen LogP) is -0.370. The van der Waals surface area contributed by atoms with Crippen molar-refractivity contribution in [2.24, 2.45) is 14.1 Å². The van der Waals surface area contributed by atoms with E-state index in [2.05, 4.69) is 15.2 Å². The first-order valence-corrected chi connectivity index (χ1v) is 4.20. The SMILES string of the molecule is Cn1ncc(C(O)c2nccn2C)n1. The lowest BCUT2D eigenvalue weighted by atomic mass is 10.2. The summed E-state index contributed by atoms with van der Waals surface area (Å²) in [5.41, 5.74) is 0.502. The van der Waals surface area contributed by atoms with Gasteiger partial charge in [0.05, 0.1) is 6.20 Å². The molecule has 74 valence electrons. The van der Waals surface area contributed by atoms with Crippen molar-refractivity contribution in [1.82, 2.24) is 24.5 Å². The summed E-state index contributed by atoms with van der Waals surface area (Å²) in [5.74, 6) is 0.561. The van der Waals surface area contributed by atoms with Gasteiger partial charge in [-0.25, -0.2) is 4.98 Å². The summed E-state index contributed by atoms with van der Waals surface area (Å²) in [4.78, 5) is 5.44.